The molecule has 0 saturated carbocycles. The predicted molar refractivity (Wildman–Crippen MR) is 142 cm³/mol. The van der Waals surface area contributed by atoms with Crippen LogP contribution in [-0.2, 0) is 21.4 Å². The fraction of sp³-hybridized carbons (Fsp3) is 0.200. The summed E-state index contributed by atoms with van der Waals surface area (Å²) in [5.74, 6) is 0. The minimum absolute atomic E-state index is 0.215. The Kier molecular flexibility index (Phi) is 7.30. The van der Waals surface area contributed by atoms with E-state index in [1.165, 1.54) is 0 Å². The minimum atomic E-state index is -3.85. The van der Waals surface area contributed by atoms with E-state index >= 15 is 0 Å². The first kappa shape index (κ1) is 24.4. The number of nitrogens with zero attached hydrogens (tertiary/aromatic N) is 1. The molecule has 1 aliphatic heterocycles. The van der Waals surface area contributed by atoms with E-state index in [1.807, 2.05) is 110 Å². The number of benzene rings is 4. The summed E-state index contributed by atoms with van der Waals surface area (Å²) in [5.41, 5.74) is 4.02. The Hall–Kier alpha value is -3.29. The first-order valence-corrected chi connectivity index (χ1v) is 13.6. The Morgan fingerprint density at radius 2 is 1.31 bits per heavy atom. The summed E-state index contributed by atoms with van der Waals surface area (Å²) in [6.45, 7) is 2.57. The first-order chi connectivity index (χ1) is 17.5. The molecule has 0 radical (unpaired) electrons. The van der Waals surface area contributed by atoms with Crippen molar-refractivity contribution >= 4 is 10.0 Å². The second-order valence-corrected chi connectivity index (χ2v) is 10.9. The molecule has 0 bridgehead atoms. The highest BCUT2D eigenvalue weighted by molar-refractivity contribution is 7.89. The van der Waals surface area contributed by atoms with Crippen LogP contribution in [-0.4, -0.2) is 25.5 Å². The van der Waals surface area contributed by atoms with Crippen molar-refractivity contribution in [2.75, 3.05) is 6.61 Å². The Bertz CT molecular complexity index is 1360. The van der Waals surface area contributed by atoms with Gasteiger partial charge in [0.1, 0.15) is 0 Å². The topological polar surface area (TPSA) is 58.6 Å². The van der Waals surface area contributed by atoms with Crippen LogP contribution < -0.4 is 5.32 Å². The normalized spacial score (nSPS) is 20.4. The Balaban J connectivity index is 1.55. The van der Waals surface area contributed by atoms with Crippen LogP contribution in [0.3, 0.4) is 0 Å². The van der Waals surface area contributed by atoms with E-state index in [9.17, 15) is 8.42 Å². The molecule has 3 atom stereocenters. The molecule has 1 fully saturated rings. The predicted octanol–water partition coefficient (Wildman–Crippen LogP) is 5.61. The molecule has 0 spiro atoms. The number of sulfonamides is 1. The quantitative estimate of drug-likeness (QED) is 0.343. The highest BCUT2D eigenvalue weighted by Gasteiger charge is 2.48. The molecule has 0 unspecified atom stereocenters. The van der Waals surface area contributed by atoms with Gasteiger partial charge in [0.2, 0.25) is 10.0 Å². The van der Waals surface area contributed by atoms with Crippen molar-refractivity contribution in [1.29, 1.82) is 0 Å². The van der Waals surface area contributed by atoms with Gasteiger partial charge < -0.3 is 4.74 Å². The van der Waals surface area contributed by atoms with Gasteiger partial charge in [0, 0.05) is 0 Å². The number of rotatable bonds is 8. The maximum absolute atomic E-state index is 14.2. The Morgan fingerprint density at radius 1 is 0.750 bits per heavy atom. The monoisotopic (exact) mass is 498 g/mol. The van der Waals surface area contributed by atoms with Gasteiger partial charge in [-0.05, 0) is 35.7 Å². The molecule has 0 aliphatic carbocycles. The summed E-state index contributed by atoms with van der Waals surface area (Å²) in [5, 5.41) is 3.60. The lowest BCUT2D eigenvalue weighted by atomic mass is 9.95. The van der Waals surface area contributed by atoms with E-state index in [4.69, 9.17) is 4.74 Å². The van der Waals surface area contributed by atoms with E-state index in [1.54, 1.807) is 16.4 Å². The molecule has 1 heterocycles. The third-order valence-corrected chi connectivity index (χ3v) is 8.46. The van der Waals surface area contributed by atoms with E-state index in [-0.39, 0.29) is 17.5 Å². The number of hydrogen-bond donors (Lipinski definition) is 1. The van der Waals surface area contributed by atoms with Crippen molar-refractivity contribution in [1.82, 2.24) is 9.62 Å². The number of nitrogens with one attached hydrogen (secondary N) is 1. The van der Waals surface area contributed by atoms with Crippen LogP contribution in [0.1, 0.15) is 34.3 Å². The summed E-state index contributed by atoms with van der Waals surface area (Å²) in [6.07, 6.45) is -0.546. The van der Waals surface area contributed by atoms with Crippen LogP contribution in [0.4, 0.5) is 0 Å². The van der Waals surface area contributed by atoms with Crippen LogP contribution in [0, 0.1) is 6.92 Å². The lowest BCUT2D eigenvalue weighted by Crippen LogP contribution is -2.44. The summed E-state index contributed by atoms with van der Waals surface area (Å²) in [4.78, 5) is 0.276. The number of ether oxygens (including phenoxy) is 1. The van der Waals surface area contributed by atoms with E-state index < -0.39 is 22.2 Å². The lowest BCUT2D eigenvalue weighted by Gasteiger charge is -2.30. The van der Waals surface area contributed by atoms with E-state index in [0.717, 1.165) is 22.3 Å². The smallest absolute Gasteiger partial charge is 0.245 e. The Morgan fingerprint density at radius 3 is 1.92 bits per heavy atom. The molecule has 36 heavy (non-hydrogen) atoms. The fourth-order valence-corrected chi connectivity index (χ4v) is 6.50. The van der Waals surface area contributed by atoms with Crippen LogP contribution >= 0.6 is 0 Å². The fourth-order valence-electron chi connectivity index (χ4n) is 4.77. The van der Waals surface area contributed by atoms with Crippen molar-refractivity contribution in [2.24, 2.45) is 0 Å². The molecule has 5 nitrogen and oxygen atoms in total. The summed E-state index contributed by atoms with van der Waals surface area (Å²) >= 11 is 0. The van der Waals surface area contributed by atoms with Crippen molar-refractivity contribution in [3.8, 4) is 0 Å². The highest BCUT2D eigenvalue weighted by Crippen LogP contribution is 2.44. The molecule has 5 rings (SSSR count). The van der Waals surface area contributed by atoms with Crippen LogP contribution in [0.15, 0.2) is 120 Å². The summed E-state index contributed by atoms with van der Waals surface area (Å²) in [7, 11) is -3.85. The maximum atomic E-state index is 14.2. The van der Waals surface area contributed by atoms with Crippen LogP contribution in [0.2, 0.25) is 0 Å². The third-order valence-electron chi connectivity index (χ3n) is 6.55. The standard InChI is InChI=1S/C30H30N2O3S/c1-23-17-19-27(20-18-23)36(33,34)32-28(22-35-21-24-11-5-2-6-12-24)31-29(25-13-7-3-8-14-25)30(32)26-15-9-4-10-16-26/h2-20,28-31H,21-22H2,1H3/t28-,29+,30+/m0/s1. The van der Waals surface area contributed by atoms with Gasteiger partial charge in [0.05, 0.1) is 36.4 Å². The Labute approximate surface area is 213 Å². The summed E-state index contributed by atoms with van der Waals surface area (Å²) < 4.78 is 36.1. The number of aryl methyl sites for hydroxylation is 1. The second-order valence-electron chi connectivity index (χ2n) is 9.08. The van der Waals surface area contributed by atoms with Crippen LogP contribution in [0.25, 0.3) is 0 Å². The zero-order chi connectivity index (χ0) is 25.0. The number of hydrogen-bond acceptors (Lipinski definition) is 4. The zero-order valence-corrected chi connectivity index (χ0v) is 21.0. The van der Waals surface area contributed by atoms with Gasteiger partial charge in [0.25, 0.3) is 0 Å². The zero-order valence-electron chi connectivity index (χ0n) is 20.2. The van der Waals surface area contributed by atoms with Gasteiger partial charge in [-0.3, -0.25) is 5.32 Å². The molecule has 0 aromatic heterocycles. The van der Waals surface area contributed by atoms with Gasteiger partial charge in [-0.25, -0.2) is 8.42 Å². The lowest BCUT2D eigenvalue weighted by molar-refractivity contribution is 0.0768. The SMILES string of the molecule is Cc1ccc(S(=O)(=O)N2[C@H](c3ccccc3)[C@@H](c3ccccc3)N[C@@H]2COCc2ccccc2)cc1. The van der Waals surface area contributed by atoms with E-state index in [0.29, 0.717) is 6.61 Å². The third kappa shape index (κ3) is 5.13. The van der Waals surface area contributed by atoms with E-state index in [2.05, 4.69) is 5.32 Å². The molecular weight excluding hydrogens is 468 g/mol. The van der Waals surface area contributed by atoms with Gasteiger partial charge in [0.15, 0.2) is 0 Å². The van der Waals surface area contributed by atoms with Gasteiger partial charge in [-0.2, -0.15) is 4.31 Å². The van der Waals surface area contributed by atoms with Gasteiger partial charge >= 0.3 is 0 Å². The molecule has 184 valence electrons. The maximum Gasteiger partial charge on any atom is 0.245 e. The van der Waals surface area contributed by atoms with Gasteiger partial charge in [-0.1, -0.05) is 109 Å². The molecule has 1 aliphatic rings. The van der Waals surface area contributed by atoms with Crippen molar-refractivity contribution < 1.29 is 13.2 Å². The highest BCUT2D eigenvalue weighted by atomic mass is 32.2. The molecule has 4 aromatic carbocycles. The average Bonchev–Trinajstić information content (AvgIpc) is 3.31. The minimum Gasteiger partial charge on any atom is -0.374 e. The molecule has 0 amide bonds. The molecule has 4 aromatic rings. The molecular formula is C30H30N2O3S. The molecule has 6 heteroatoms. The van der Waals surface area contributed by atoms with Crippen molar-refractivity contribution in [2.45, 2.75) is 36.7 Å². The van der Waals surface area contributed by atoms with Crippen molar-refractivity contribution in [3.63, 3.8) is 0 Å². The van der Waals surface area contributed by atoms with Gasteiger partial charge in [-0.15, -0.1) is 0 Å². The van der Waals surface area contributed by atoms with Crippen molar-refractivity contribution in [3.05, 3.63) is 138 Å². The second kappa shape index (κ2) is 10.8. The molecule has 1 saturated heterocycles. The first-order valence-electron chi connectivity index (χ1n) is 12.1. The average molecular weight is 499 g/mol. The summed E-state index contributed by atoms with van der Waals surface area (Å²) in [6, 6.07) is 36.1. The largest absolute Gasteiger partial charge is 0.374 e. The van der Waals surface area contributed by atoms with Crippen LogP contribution in [0.5, 0.6) is 0 Å². The molecule has 1 N–H and O–H groups in total.